The molecule has 2 amide bonds. The number of hydrogen-bond acceptors (Lipinski definition) is 4. The van der Waals surface area contributed by atoms with Gasteiger partial charge in [0.2, 0.25) is 0 Å². The topological polar surface area (TPSA) is 95.7 Å². The number of carboxylic acids is 1. The van der Waals surface area contributed by atoms with Crippen molar-refractivity contribution in [3.8, 4) is 0 Å². The lowest BCUT2D eigenvalue weighted by molar-refractivity contribution is -0.137. The smallest absolute Gasteiger partial charge is 0.317 e. The maximum Gasteiger partial charge on any atom is 0.317 e. The van der Waals surface area contributed by atoms with Crippen LogP contribution in [-0.4, -0.2) is 39.8 Å². The van der Waals surface area contributed by atoms with Crippen molar-refractivity contribution >= 4 is 12.0 Å². The van der Waals surface area contributed by atoms with Crippen LogP contribution in [0.5, 0.6) is 0 Å². The summed E-state index contributed by atoms with van der Waals surface area (Å²) in [5, 5.41) is 15.0. The number of aromatic nitrogens is 1. The number of rotatable bonds is 6. The molecule has 0 atom stereocenters. The van der Waals surface area contributed by atoms with Crippen LogP contribution in [0.3, 0.4) is 0 Å². The summed E-state index contributed by atoms with van der Waals surface area (Å²) in [6.07, 6.45) is 3.28. The number of aliphatic carboxylic acids is 1. The molecular formula is C11H15N3O4. The molecule has 1 aliphatic rings. The number of carbonyl (C=O) groups is 2. The van der Waals surface area contributed by atoms with E-state index in [2.05, 4.69) is 15.0 Å². The van der Waals surface area contributed by atoms with Gasteiger partial charge in [0.25, 0.3) is 0 Å². The Morgan fingerprint density at radius 2 is 2.33 bits per heavy atom. The van der Waals surface area contributed by atoms with Crippen molar-refractivity contribution in [2.45, 2.75) is 31.8 Å². The minimum absolute atomic E-state index is 0.0338. The Morgan fingerprint density at radius 3 is 2.89 bits per heavy atom. The van der Waals surface area contributed by atoms with Gasteiger partial charge in [-0.3, -0.25) is 4.79 Å². The first-order chi connectivity index (χ1) is 8.66. The zero-order chi connectivity index (χ0) is 13.0. The van der Waals surface area contributed by atoms with Crippen molar-refractivity contribution in [1.29, 1.82) is 0 Å². The Hall–Kier alpha value is -2.05. The SMILES string of the molecule is O=C(O)CCN(C(=O)NCc1ccon1)C1CC1. The van der Waals surface area contributed by atoms with Gasteiger partial charge in [-0.25, -0.2) is 4.79 Å². The first-order valence-electron chi connectivity index (χ1n) is 5.82. The second-order valence-electron chi connectivity index (χ2n) is 4.22. The summed E-state index contributed by atoms with van der Waals surface area (Å²) in [5.74, 6) is -0.898. The molecule has 0 radical (unpaired) electrons. The monoisotopic (exact) mass is 253 g/mol. The van der Waals surface area contributed by atoms with Gasteiger partial charge in [0, 0.05) is 18.7 Å². The van der Waals surface area contributed by atoms with Crippen LogP contribution in [-0.2, 0) is 11.3 Å². The van der Waals surface area contributed by atoms with Gasteiger partial charge in [0.1, 0.15) is 12.0 Å². The highest BCUT2D eigenvalue weighted by molar-refractivity contribution is 5.76. The number of hydrogen-bond donors (Lipinski definition) is 2. The third-order valence-corrected chi connectivity index (χ3v) is 2.73. The van der Waals surface area contributed by atoms with Gasteiger partial charge >= 0.3 is 12.0 Å². The maximum absolute atomic E-state index is 11.9. The van der Waals surface area contributed by atoms with Crippen LogP contribution in [0.1, 0.15) is 25.0 Å². The molecule has 98 valence electrons. The van der Waals surface area contributed by atoms with E-state index in [9.17, 15) is 9.59 Å². The normalized spacial score (nSPS) is 14.2. The fraction of sp³-hybridized carbons (Fsp3) is 0.545. The predicted molar refractivity (Wildman–Crippen MR) is 60.7 cm³/mol. The molecule has 2 rings (SSSR count). The highest BCUT2D eigenvalue weighted by Crippen LogP contribution is 2.26. The van der Waals surface area contributed by atoms with Gasteiger partial charge in [-0.1, -0.05) is 5.16 Å². The molecule has 1 aliphatic carbocycles. The Labute approximate surface area is 104 Å². The molecule has 1 aromatic rings. The second-order valence-corrected chi connectivity index (χ2v) is 4.22. The van der Waals surface area contributed by atoms with Gasteiger partial charge in [-0.2, -0.15) is 0 Å². The van der Waals surface area contributed by atoms with E-state index >= 15 is 0 Å². The molecule has 7 heteroatoms. The van der Waals surface area contributed by atoms with Crippen molar-refractivity contribution in [2.75, 3.05) is 6.54 Å². The molecule has 0 bridgehead atoms. The Kier molecular flexibility index (Phi) is 3.81. The van der Waals surface area contributed by atoms with Crippen LogP contribution in [0.15, 0.2) is 16.9 Å². The molecule has 1 saturated carbocycles. The molecule has 0 aliphatic heterocycles. The highest BCUT2D eigenvalue weighted by Gasteiger charge is 2.32. The summed E-state index contributed by atoms with van der Waals surface area (Å²) in [4.78, 5) is 24.0. The van der Waals surface area contributed by atoms with E-state index in [4.69, 9.17) is 5.11 Å². The van der Waals surface area contributed by atoms with Crippen LogP contribution in [0.4, 0.5) is 4.79 Å². The number of carboxylic acid groups (broad SMARTS) is 1. The van der Waals surface area contributed by atoms with E-state index in [0.29, 0.717) is 5.69 Å². The number of carbonyl (C=O) groups excluding carboxylic acids is 1. The Morgan fingerprint density at radius 1 is 1.56 bits per heavy atom. The second kappa shape index (κ2) is 5.52. The van der Waals surface area contributed by atoms with Crippen LogP contribution in [0, 0.1) is 0 Å². The van der Waals surface area contributed by atoms with Crippen molar-refractivity contribution in [2.24, 2.45) is 0 Å². The molecule has 0 aromatic carbocycles. The largest absolute Gasteiger partial charge is 0.481 e. The molecule has 0 unspecified atom stereocenters. The highest BCUT2D eigenvalue weighted by atomic mass is 16.5. The van der Waals surface area contributed by atoms with Crippen molar-refractivity contribution < 1.29 is 19.2 Å². The fourth-order valence-corrected chi connectivity index (χ4v) is 1.65. The molecule has 7 nitrogen and oxygen atoms in total. The molecule has 18 heavy (non-hydrogen) atoms. The lowest BCUT2D eigenvalue weighted by atomic mass is 10.3. The van der Waals surface area contributed by atoms with E-state index in [1.165, 1.54) is 6.26 Å². The van der Waals surface area contributed by atoms with Crippen LogP contribution >= 0.6 is 0 Å². The van der Waals surface area contributed by atoms with E-state index in [1.807, 2.05) is 0 Å². The van der Waals surface area contributed by atoms with Crippen LogP contribution in [0.2, 0.25) is 0 Å². The number of nitrogens with zero attached hydrogens (tertiary/aromatic N) is 2. The lowest BCUT2D eigenvalue weighted by Gasteiger charge is -2.21. The average Bonchev–Trinajstić information content (AvgIpc) is 3.03. The van der Waals surface area contributed by atoms with Gasteiger partial charge in [-0.05, 0) is 12.8 Å². The van der Waals surface area contributed by atoms with E-state index < -0.39 is 5.97 Å². The summed E-state index contributed by atoms with van der Waals surface area (Å²) in [6, 6.07) is 1.60. The summed E-state index contributed by atoms with van der Waals surface area (Å²) >= 11 is 0. The number of amides is 2. The first kappa shape index (κ1) is 12.4. The quantitative estimate of drug-likeness (QED) is 0.782. The fourth-order valence-electron chi connectivity index (χ4n) is 1.65. The molecule has 1 aromatic heterocycles. The summed E-state index contributed by atoms with van der Waals surface area (Å²) in [5.41, 5.74) is 0.636. The van der Waals surface area contributed by atoms with E-state index in [0.717, 1.165) is 12.8 Å². The third kappa shape index (κ3) is 3.47. The zero-order valence-corrected chi connectivity index (χ0v) is 9.83. The minimum Gasteiger partial charge on any atom is -0.481 e. The zero-order valence-electron chi connectivity index (χ0n) is 9.83. The van der Waals surface area contributed by atoms with Crippen molar-refractivity contribution in [3.63, 3.8) is 0 Å². The van der Waals surface area contributed by atoms with E-state index in [-0.39, 0.29) is 31.6 Å². The Bertz CT molecular complexity index is 414. The van der Waals surface area contributed by atoms with Gasteiger partial charge in [-0.15, -0.1) is 0 Å². The minimum atomic E-state index is -0.898. The molecular weight excluding hydrogens is 238 g/mol. The maximum atomic E-state index is 11.9. The molecule has 0 saturated heterocycles. The van der Waals surface area contributed by atoms with E-state index in [1.54, 1.807) is 11.0 Å². The van der Waals surface area contributed by atoms with Crippen molar-refractivity contribution in [1.82, 2.24) is 15.4 Å². The summed E-state index contributed by atoms with van der Waals surface area (Å²) in [6.45, 7) is 0.524. The van der Waals surface area contributed by atoms with Crippen LogP contribution < -0.4 is 5.32 Å². The van der Waals surface area contributed by atoms with Crippen LogP contribution in [0.25, 0.3) is 0 Å². The molecule has 0 spiro atoms. The summed E-state index contributed by atoms with van der Waals surface area (Å²) in [7, 11) is 0. The lowest BCUT2D eigenvalue weighted by Crippen LogP contribution is -2.42. The number of urea groups is 1. The third-order valence-electron chi connectivity index (χ3n) is 2.73. The van der Waals surface area contributed by atoms with Crippen molar-refractivity contribution in [3.05, 3.63) is 18.0 Å². The standard InChI is InChI=1S/C11H15N3O4/c15-10(16)3-5-14(9-1-2-9)11(17)12-7-8-4-6-18-13-8/h4,6,9H,1-3,5,7H2,(H,12,17)(H,15,16). The summed E-state index contributed by atoms with van der Waals surface area (Å²) < 4.78 is 4.65. The van der Waals surface area contributed by atoms with Gasteiger partial charge < -0.3 is 19.8 Å². The molecule has 2 N–H and O–H groups in total. The first-order valence-corrected chi connectivity index (χ1v) is 5.82. The average molecular weight is 253 g/mol. The Balaban J connectivity index is 1.81. The van der Waals surface area contributed by atoms with Gasteiger partial charge in [0.05, 0.1) is 13.0 Å². The molecule has 1 fully saturated rings. The van der Waals surface area contributed by atoms with Gasteiger partial charge in [0.15, 0.2) is 0 Å². The number of nitrogens with one attached hydrogen (secondary N) is 1. The molecule has 1 heterocycles. The predicted octanol–water partition coefficient (Wildman–Crippen LogP) is 0.823.